The first-order chi connectivity index (χ1) is 13.4. The first-order valence-corrected chi connectivity index (χ1v) is 10.7. The number of carbonyl (C=O) groups is 2. The second kappa shape index (κ2) is 8.74. The number of sulfonamides is 1. The number of hydrogen-bond donors (Lipinski definition) is 1. The van der Waals surface area contributed by atoms with Gasteiger partial charge in [-0.1, -0.05) is 42.5 Å². The van der Waals surface area contributed by atoms with Gasteiger partial charge in [0.05, 0.1) is 18.4 Å². The molecule has 28 heavy (non-hydrogen) atoms. The molecule has 152 valence electrons. The van der Waals surface area contributed by atoms with E-state index in [-0.39, 0.29) is 13.0 Å². The van der Waals surface area contributed by atoms with Gasteiger partial charge < -0.3 is 14.8 Å². The maximum absolute atomic E-state index is 12.9. The van der Waals surface area contributed by atoms with E-state index in [1.54, 1.807) is 12.2 Å². The van der Waals surface area contributed by atoms with Crippen molar-refractivity contribution in [2.24, 2.45) is 0 Å². The van der Waals surface area contributed by atoms with Crippen LogP contribution in [-0.4, -0.2) is 55.8 Å². The van der Waals surface area contributed by atoms with Crippen molar-refractivity contribution in [3.8, 4) is 0 Å². The Labute approximate surface area is 164 Å². The third-order valence-electron chi connectivity index (χ3n) is 4.95. The predicted molar refractivity (Wildman–Crippen MR) is 102 cm³/mol. The van der Waals surface area contributed by atoms with Gasteiger partial charge >= 0.3 is 12.1 Å². The highest BCUT2D eigenvalue weighted by molar-refractivity contribution is 7.90. The zero-order chi connectivity index (χ0) is 20.1. The molecule has 0 bridgehead atoms. The molecule has 0 spiro atoms. The maximum atomic E-state index is 12.9. The van der Waals surface area contributed by atoms with Crippen LogP contribution < -0.4 is 5.32 Å². The Kier molecular flexibility index (Phi) is 6.35. The molecular weight excluding hydrogens is 384 g/mol. The summed E-state index contributed by atoms with van der Waals surface area (Å²) in [6.45, 7) is 0.434. The van der Waals surface area contributed by atoms with Crippen LogP contribution in [0.3, 0.4) is 0 Å². The number of hydrogen-bond acceptors (Lipinski definition) is 6. The van der Waals surface area contributed by atoms with Crippen molar-refractivity contribution >= 4 is 22.1 Å². The molecule has 9 heteroatoms. The summed E-state index contributed by atoms with van der Waals surface area (Å²) >= 11 is 0. The molecule has 0 radical (unpaired) electrons. The predicted octanol–water partition coefficient (Wildman–Crippen LogP) is 1.58. The van der Waals surface area contributed by atoms with Gasteiger partial charge in [0, 0.05) is 6.54 Å². The molecular formula is C19H24N2O6S. The zero-order valence-electron chi connectivity index (χ0n) is 15.6. The first kappa shape index (κ1) is 20.3. The van der Waals surface area contributed by atoms with Gasteiger partial charge in [0.15, 0.2) is 0 Å². The average molecular weight is 408 g/mol. The van der Waals surface area contributed by atoms with Crippen molar-refractivity contribution in [1.82, 2.24) is 9.62 Å². The number of carbonyl (C=O) groups excluding carboxylic acids is 2. The Morgan fingerprint density at radius 1 is 1.21 bits per heavy atom. The van der Waals surface area contributed by atoms with Crippen LogP contribution in [0.15, 0.2) is 42.5 Å². The summed E-state index contributed by atoms with van der Waals surface area (Å²) in [5.74, 6) is -0.540. The van der Waals surface area contributed by atoms with Crippen LogP contribution in [0.5, 0.6) is 0 Å². The summed E-state index contributed by atoms with van der Waals surface area (Å²) in [6.07, 6.45) is 3.87. The smallest absolute Gasteiger partial charge is 0.407 e. The average Bonchev–Trinajstić information content (AvgIpc) is 3.37. The highest BCUT2D eigenvalue weighted by Gasteiger charge is 2.44. The van der Waals surface area contributed by atoms with E-state index in [0.717, 1.165) is 5.56 Å². The largest absolute Gasteiger partial charge is 0.468 e. The molecule has 8 nitrogen and oxygen atoms in total. The van der Waals surface area contributed by atoms with Gasteiger partial charge in [-0.2, -0.15) is 4.31 Å². The third-order valence-corrected chi connectivity index (χ3v) is 7.15. The van der Waals surface area contributed by atoms with Gasteiger partial charge in [-0.3, -0.25) is 4.79 Å². The standard InChI is InChI=1S/C19H24N2O6S/c1-26-18(22)17-8-5-11-21(17)28(24,25)16-10-9-15(12-16)20-19(23)27-13-14-6-3-2-4-7-14/h2-4,6-7,9-10,15-17H,5,8,11-13H2,1H3,(H,20,23)/t15-,16+,17+/m1/s1. The molecule has 1 heterocycles. The summed E-state index contributed by atoms with van der Waals surface area (Å²) in [4.78, 5) is 23.8. The fourth-order valence-electron chi connectivity index (χ4n) is 3.50. The molecule has 3 rings (SSSR count). The number of methoxy groups -OCH3 is 1. The molecule has 0 unspecified atom stereocenters. The van der Waals surface area contributed by atoms with Crippen LogP contribution in [0, 0.1) is 0 Å². The van der Waals surface area contributed by atoms with Crippen molar-refractivity contribution in [2.75, 3.05) is 13.7 Å². The topological polar surface area (TPSA) is 102 Å². The SMILES string of the molecule is COC(=O)[C@@H]1CCCN1S(=O)(=O)[C@H]1C=C[C@@H](NC(=O)OCc2ccccc2)C1. The molecule has 0 saturated carbocycles. The van der Waals surface area contributed by atoms with Gasteiger partial charge in [0.2, 0.25) is 10.0 Å². The second-order valence-corrected chi connectivity index (χ2v) is 8.91. The van der Waals surface area contributed by atoms with Crippen LogP contribution in [0.2, 0.25) is 0 Å². The third kappa shape index (κ3) is 4.53. The minimum Gasteiger partial charge on any atom is -0.468 e. The quantitative estimate of drug-likeness (QED) is 0.566. The van der Waals surface area contributed by atoms with Crippen molar-refractivity contribution in [3.05, 3.63) is 48.0 Å². The van der Waals surface area contributed by atoms with E-state index in [1.165, 1.54) is 11.4 Å². The van der Waals surface area contributed by atoms with Crippen LogP contribution in [0.25, 0.3) is 0 Å². The molecule has 3 atom stereocenters. The molecule has 2 aliphatic rings. The molecule has 1 aromatic carbocycles. The van der Waals surface area contributed by atoms with Crippen LogP contribution in [0.4, 0.5) is 4.79 Å². The minimum atomic E-state index is -3.71. The monoisotopic (exact) mass is 408 g/mol. The number of benzene rings is 1. The Bertz CT molecular complexity index is 839. The molecule has 0 aromatic heterocycles. The summed E-state index contributed by atoms with van der Waals surface area (Å²) in [5, 5.41) is 1.87. The van der Waals surface area contributed by atoms with Crippen LogP contribution >= 0.6 is 0 Å². The van der Waals surface area contributed by atoms with E-state index in [1.807, 2.05) is 30.3 Å². The lowest BCUT2D eigenvalue weighted by molar-refractivity contribution is -0.144. The van der Waals surface area contributed by atoms with Crippen molar-refractivity contribution in [2.45, 2.75) is 43.2 Å². The summed E-state index contributed by atoms with van der Waals surface area (Å²) in [7, 11) is -2.46. The number of rotatable bonds is 6. The summed E-state index contributed by atoms with van der Waals surface area (Å²) in [5.41, 5.74) is 0.864. The Morgan fingerprint density at radius 3 is 2.68 bits per heavy atom. The number of nitrogens with one attached hydrogen (secondary N) is 1. The molecule has 1 N–H and O–H groups in total. The van der Waals surface area contributed by atoms with Gasteiger partial charge in [0.25, 0.3) is 0 Å². The zero-order valence-corrected chi connectivity index (χ0v) is 16.4. The van der Waals surface area contributed by atoms with Gasteiger partial charge in [0.1, 0.15) is 12.6 Å². The lowest BCUT2D eigenvalue weighted by Gasteiger charge is -2.25. The number of amides is 1. The lowest BCUT2D eigenvalue weighted by atomic mass is 10.2. The Morgan fingerprint density at radius 2 is 1.96 bits per heavy atom. The lowest BCUT2D eigenvalue weighted by Crippen LogP contribution is -2.45. The van der Waals surface area contributed by atoms with Gasteiger partial charge in [-0.15, -0.1) is 0 Å². The minimum absolute atomic E-state index is 0.138. The second-order valence-electron chi connectivity index (χ2n) is 6.81. The molecule has 1 saturated heterocycles. The number of alkyl carbamates (subject to hydrolysis) is 1. The van der Waals surface area contributed by atoms with E-state index >= 15 is 0 Å². The van der Waals surface area contributed by atoms with E-state index in [2.05, 4.69) is 5.32 Å². The maximum Gasteiger partial charge on any atom is 0.407 e. The highest BCUT2D eigenvalue weighted by atomic mass is 32.2. The number of esters is 1. The van der Waals surface area contributed by atoms with E-state index < -0.39 is 39.4 Å². The molecule has 1 aliphatic carbocycles. The van der Waals surface area contributed by atoms with Gasteiger partial charge in [-0.25, -0.2) is 13.2 Å². The molecule has 1 amide bonds. The van der Waals surface area contributed by atoms with Crippen LogP contribution in [0.1, 0.15) is 24.8 Å². The van der Waals surface area contributed by atoms with E-state index in [4.69, 9.17) is 9.47 Å². The fraction of sp³-hybridized carbons (Fsp3) is 0.474. The van der Waals surface area contributed by atoms with Crippen molar-refractivity contribution < 1.29 is 27.5 Å². The molecule has 1 aromatic rings. The number of ether oxygens (including phenoxy) is 2. The first-order valence-electron chi connectivity index (χ1n) is 9.16. The normalized spacial score (nSPS) is 24.8. The fourth-order valence-corrected chi connectivity index (χ4v) is 5.52. The summed E-state index contributed by atoms with van der Waals surface area (Å²) < 4.78 is 37.0. The van der Waals surface area contributed by atoms with Crippen molar-refractivity contribution in [3.63, 3.8) is 0 Å². The van der Waals surface area contributed by atoms with Gasteiger partial charge in [-0.05, 0) is 24.8 Å². The van der Waals surface area contributed by atoms with E-state index in [0.29, 0.717) is 19.4 Å². The highest BCUT2D eigenvalue weighted by Crippen LogP contribution is 2.29. The Balaban J connectivity index is 1.54. The number of nitrogens with zero attached hydrogens (tertiary/aromatic N) is 1. The van der Waals surface area contributed by atoms with Crippen LogP contribution in [-0.2, 0) is 30.9 Å². The summed E-state index contributed by atoms with van der Waals surface area (Å²) in [6, 6.07) is 8.06. The molecule has 1 fully saturated rings. The Hall–Kier alpha value is -2.39. The van der Waals surface area contributed by atoms with E-state index in [9.17, 15) is 18.0 Å². The van der Waals surface area contributed by atoms with Crippen molar-refractivity contribution in [1.29, 1.82) is 0 Å². The molecule has 1 aliphatic heterocycles.